The molecule has 120 valence electrons. The first-order valence-corrected chi connectivity index (χ1v) is 7.14. The maximum Gasteiger partial charge on any atom is 0.265 e. The van der Waals surface area contributed by atoms with Crippen molar-refractivity contribution < 1.29 is 19.1 Å². The highest BCUT2D eigenvalue weighted by Gasteiger charge is 2.32. The standard InChI is InChI=1S/C16H16N2O4S/c1-4-7-18-15(20)12(14(19)17-16(18)23)9-10-8-11(21-2)5-6-13(10)22-3/h4-6,8-9H,1,7H2,2-3H3,(H,17,19,23). The molecule has 6 nitrogen and oxygen atoms in total. The Labute approximate surface area is 139 Å². The number of nitrogens with one attached hydrogen (secondary N) is 1. The van der Waals surface area contributed by atoms with Gasteiger partial charge in [0.1, 0.15) is 17.1 Å². The lowest BCUT2D eigenvalue weighted by Crippen LogP contribution is -2.53. The molecule has 0 unspecified atom stereocenters. The number of nitrogens with zero attached hydrogens (tertiary/aromatic N) is 1. The third-order valence-electron chi connectivity index (χ3n) is 3.23. The molecular weight excluding hydrogens is 316 g/mol. The molecule has 1 aliphatic rings. The molecule has 0 radical (unpaired) electrons. The van der Waals surface area contributed by atoms with Gasteiger partial charge in [0.2, 0.25) is 0 Å². The molecule has 1 aromatic rings. The summed E-state index contributed by atoms with van der Waals surface area (Å²) >= 11 is 5.01. The second-order valence-electron chi connectivity index (χ2n) is 4.63. The Morgan fingerprint density at radius 2 is 2.04 bits per heavy atom. The quantitative estimate of drug-likeness (QED) is 0.383. The van der Waals surface area contributed by atoms with E-state index >= 15 is 0 Å². The van der Waals surface area contributed by atoms with Crippen molar-refractivity contribution >= 4 is 35.2 Å². The zero-order valence-electron chi connectivity index (χ0n) is 12.8. The van der Waals surface area contributed by atoms with E-state index in [-0.39, 0.29) is 17.2 Å². The lowest BCUT2D eigenvalue weighted by atomic mass is 10.1. The van der Waals surface area contributed by atoms with Gasteiger partial charge in [0.05, 0.1) is 14.2 Å². The van der Waals surface area contributed by atoms with Crippen molar-refractivity contribution in [3.05, 3.63) is 42.0 Å². The van der Waals surface area contributed by atoms with Gasteiger partial charge < -0.3 is 9.47 Å². The third kappa shape index (κ3) is 3.40. The van der Waals surface area contributed by atoms with E-state index < -0.39 is 11.8 Å². The highest BCUT2D eigenvalue weighted by Crippen LogP contribution is 2.27. The summed E-state index contributed by atoms with van der Waals surface area (Å²) in [7, 11) is 3.03. The zero-order chi connectivity index (χ0) is 17.0. The SMILES string of the molecule is C=CCN1C(=O)C(=Cc2cc(OC)ccc2OC)C(=O)NC1=S. The number of carbonyl (C=O) groups is 2. The van der Waals surface area contributed by atoms with E-state index in [1.165, 1.54) is 31.3 Å². The maximum absolute atomic E-state index is 12.5. The van der Waals surface area contributed by atoms with Gasteiger partial charge in [-0.25, -0.2) is 0 Å². The fraction of sp³-hybridized carbons (Fsp3) is 0.188. The van der Waals surface area contributed by atoms with Gasteiger partial charge in [-0.3, -0.25) is 19.8 Å². The maximum atomic E-state index is 12.5. The van der Waals surface area contributed by atoms with Crippen LogP contribution >= 0.6 is 12.2 Å². The molecule has 0 aromatic heterocycles. The van der Waals surface area contributed by atoms with Crippen molar-refractivity contribution in [1.29, 1.82) is 0 Å². The molecule has 7 heteroatoms. The molecule has 1 heterocycles. The molecule has 1 saturated heterocycles. The smallest absolute Gasteiger partial charge is 0.265 e. The van der Waals surface area contributed by atoms with Crippen LogP contribution in [0.2, 0.25) is 0 Å². The summed E-state index contributed by atoms with van der Waals surface area (Å²) in [5, 5.41) is 2.55. The second kappa shape index (κ2) is 7.06. The van der Waals surface area contributed by atoms with E-state index in [0.29, 0.717) is 17.1 Å². The Hall–Kier alpha value is -2.67. The summed E-state index contributed by atoms with van der Waals surface area (Å²) in [6.07, 6.45) is 2.99. The number of thiocarbonyl (C=S) groups is 1. The number of ether oxygens (including phenoxy) is 2. The van der Waals surface area contributed by atoms with Crippen LogP contribution in [0.15, 0.2) is 36.4 Å². The van der Waals surface area contributed by atoms with Crippen LogP contribution in [-0.2, 0) is 9.59 Å². The number of benzene rings is 1. The fourth-order valence-electron chi connectivity index (χ4n) is 2.10. The van der Waals surface area contributed by atoms with E-state index in [0.717, 1.165) is 0 Å². The molecule has 0 bridgehead atoms. The Kier molecular flexibility index (Phi) is 5.13. The number of hydrogen-bond acceptors (Lipinski definition) is 5. The summed E-state index contributed by atoms with van der Waals surface area (Å²) < 4.78 is 10.4. The first-order valence-electron chi connectivity index (χ1n) is 6.73. The van der Waals surface area contributed by atoms with Crippen LogP contribution in [0.4, 0.5) is 0 Å². The summed E-state index contributed by atoms with van der Waals surface area (Å²) in [5.41, 5.74) is 0.517. The summed E-state index contributed by atoms with van der Waals surface area (Å²) in [6, 6.07) is 5.10. The minimum Gasteiger partial charge on any atom is -0.497 e. The molecule has 1 N–H and O–H groups in total. The average Bonchev–Trinajstić information content (AvgIpc) is 2.55. The molecule has 2 amide bonds. The van der Waals surface area contributed by atoms with Crippen LogP contribution < -0.4 is 14.8 Å². The molecule has 0 aliphatic carbocycles. The van der Waals surface area contributed by atoms with Crippen LogP contribution in [0.5, 0.6) is 11.5 Å². The minimum atomic E-state index is -0.551. The lowest BCUT2D eigenvalue weighted by molar-refractivity contribution is -0.128. The normalized spacial score (nSPS) is 16.3. The second-order valence-corrected chi connectivity index (χ2v) is 5.02. The number of rotatable bonds is 5. The monoisotopic (exact) mass is 332 g/mol. The van der Waals surface area contributed by atoms with Gasteiger partial charge in [0.25, 0.3) is 11.8 Å². The van der Waals surface area contributed by atoms with Crippen LogP contribution in [-0.4, -0.2) is 42.6 Å². The van der Waals surface area contributed by atoms with Gasteiger partial charge in [-0.15, -0.1) is 6.58 Å². The van der Waals surface area contributed by atoms with Crippen molar-refractivity contribution in [2.45, 2.75) is 0 Å². The average molecular weight is 332 g/mol. The number of hydrogen-bond donors (Lipinski definition) is 1. The minimum absolute atomic E-state index is 0.0352. The summed E-state index contributed by atoms with van der Waals surface area (Å²) in [5.74, 6) is 0.0656. The van der Waals surface area contributed by atoms with Crippen LogP contribution in [0.25, 0.3) is 6.08 Å². The topological polar surface area (TPSA) is 67.9 Å². The molecule has 23 heavy (non-hydrogen) atoms. The van der Waals surface area contributed by atoms with Crippen molar-refractivity contribution in [2.24, 2.45) is 0 Å². The van der Waals surface area contributed by atoms with Gasteiger partial charge in [0.15, 0.2) is 5.11 Å². The molecule has 1 fully saturated rings. The Balaban J connectivity index is 2.48. The Bertz CT molecular complexity index is 712. The largest absolute Gasteiger partial charge is 0.497 e. The molecule has 1 aromatic carbocycles. The van der Waals surface area contributed by atoms with Crippen molar-refractivity contribution in [3.8, 4) is 11.5 Å². The van der Waals surface area contributed by atoms with Crippen LogP contribution in [0, 0.1) is 0 Å². The Morgan fingerprint density at radius 3 is 2.65 bits per heavy atom. The van der Waals surface area contributed by atoms with Gasteiger partial charge in [-0.2, -0.15) is 0 Å². The van der Waals surface area contributed by atoms with Crippen molar-refractivity contribution in [1.82, 2.24) is 10.2 Å². The van der Waals surface area contributed by atoms with E-state index in [2.05, 4.69) is 11.9 Å². The fourth-order valence-corrected chi connectivity index (χ4v) is 2.35. The molecule has 1 aliphatic heterocycles. The van der Waals surface area contributed by atoms with E-state index in [9.17, 15) is 9.59 Å². The predicted molar refractivity (Wildman–Crippen MR) is 90.2 cm³/mol. The highest BCUT2D eigenvalue weighted by atomic mass is 32.1. The summed E-state index contributed by atoms with van der Waals surface area (Å²) in [4.78, 5) is 25.9. The van der Waals surface area contributed by atoms with Gasteiger partial charge in [-0.05, 0) is 36.5 Å². The highest BCUT2D eigenvalue weighted by molar-refractivity contribution is 7.80. The van der Waals surface area contributed by atoms with Crippen LogP contribution in [0.3, 0.4) is 0 Å². The molecule has 0 saturated carbocycles. The van der Waals surface area contributed by atoms with Gasteiger partial charge >= 0.3 is 0 Å². The van der Waals surface area contributed by atoms with Crippen molar-refractivity contribution in [3.63, 3.8) is 0 Å². The molecular formula is C16H16N2O4S. The zero-order valence-corrected chi connectivity index (χ0v) is 13.6. The van der Waals surface area contributed by atoms with E-state index in [1.54, 1.807) is 18.2 Å². The first kappa shape index (κ1) is 16.7. The van der Waals surface area contributed by atoms with Crippen molar-refractivity contribution in [2.75, 3.05) is 20.8 Å². The number of methoxy groups -OCH3 is 2. The first-order chi connectivity index (χ1) is 11.0. The number of carbonyl (C=O) groups excluding carboxylic acids is 2. The summed E-state index contributed by atoms with van der Waals surface area (Å²) in [6.45, 7) is 3.79. The molecule has 0 spiro atoms. The Morgan fingerprint density at radius 1 is 1.30 bits per heavy atom. The van der Waals surface area contributed by atoms with Crippen LogP contribution in [0.1, 0.15) is 5.56 Å². The van der Waals surface area contributed by atoms with Gasteiger partial charge in [0, 0.05) is 12.1 Å². The third-order valence-corrected chi connectivity index (χ3v) is 3.56. The number of amides is 2. The molecule has 2 rings (SSSR count). The van der Waals surface area contributed by atoms with Gasteiger partial charge in [-0.1, -0.05) is 6.08 Å². The molecule has 0 atom stereocenters. The van der Waals surface area contributed by atoms with E-state index in [4.69, 9.17) is 21.7 Å². The van der Waals surface area contributed by atoms with E-state index in [1.807, 2.05) is 0 Å². The lowest BCUT2D eigenvalue weighted by Gasteiger charge is -2.27. The predicted octanol–water partition coefficient (Wildman–Crippen LogP) is 1.52.